The molecule has 0 spiro atoms. The summed E-state index contributed by atoms with van der Waals surface area (Å²) in [5, 5.41) is 11.8. The maximum atomic E-state index is 13.9. The van der Waals surface area contributed by atoms with Crippen LogP contribution in [0.1, 0.15) is 22.2 Å². The second-order valence-corrected chi connectivity index (χ2v) is 9.04. The van der Waals surface area contributed by atoms with Gasteiger partial charge in [-0.25, -0.2) is 0 Å². The van der Waals surface area contributed by atoms with E-state index in [9.17, 15) is 14.7 Å². The van der Waals surface area contributed by atoms with E-state index in [0.29, 0.717) is 53.5 Å². The first-order valence-electron chi connectivity index (χ1n) is 12.3. The number of benzene rings is 2. The Kier molecular flexibility index (Phi) is 7.26. The number of hydrogen-bond donors (Lipinski definition) is 1. The first-order valence-corrected chi connectivity index (χ1v) is 12.3. The van der Waals surface area contributed by atoms with Crippen molar-refractivity contribution in [1.82, 2.24) is 9.80 Å². The number of nitrogens with zero attached hydrogens (tertiary/aromatic N) is 2. The van der Waals surface area contributed by atoms with E-state index in [-0.39, 0.29) is 17.9 Å². The number of rotatable bonds is 9. The number of ether oxygens (including phenoxy) is 4. The lowest BCUT2D eigenvalue weighted by Gasteiger charge is -2.32. The predicted octanol–water partition coefficient (Wildman–Crippen LogP) is 3.37. The third-order valence-corrected chi connectivity index (χ3v) is 6.99. The van der Waals surface area contributed by atoms with E-state index in [0.717, 1.165) is 13.1 Å². The molecule has 0 saturated carbocycles. The van der Waals surface area contributed by atoms with Gasteiger partial charge in [0.15, 0.2) is 22.9 Å². The number of methoxy groups -OCH3 is 3. The lowest BCUT2D eigenvalue weighted by atomic mass is 9.94. The molecule has 1 amide bonds. The van der Waals surface area contributed by atoms with Crippen LogP contribution in [0.25, 0.3) is 11.0 Å². The fourth-order valence-corrected chi connectivity index (χ4v) is 5.01. The molecule has 1 fully saturated rings. The number of para-hydroxylation sites is 1. The summed E-state index contributed by atoms with van der Waals surface area (Å²) in [5.41, 5.74) is 0.840. The molecule has 1 N–H and O–H groups in total. The Labute approximate surface area is 219 Å². The Hall–Kier alpha value is -4.02. The van der Waals surface area contributed by atoms with Gasteiger partial charge >= 0.3 is 0 Å². The minimum atomic E-state index is -0.920. The molecule has 2 aliphatic heterocycles. The molecule has 0 aliphatic carbocycles. The smallest absolute Gasteiger partial charge is 0.290 e. The van der Waals surface area contributed by atoms with Crippen LogP contribution in [0.3, 0.4) is 0 Å². The molecule has 3 aromatic rings. The number of fused-ring (bicyclic) bond motifs is 1. The van der Waals surface area contributed by atoms with Gasteiger partial charge in [-0.15, -0.1) is 0 Å². The van der Waals surface area contributed by atoms with Crippen molar-refractivity contribution in [3.05, 3.63) is 65.1 Å². The Balaban J connectivity index is 1.58. The van der Waals surface area contributed by atoms with Crippen LogP contribution in [0.5, 0.6) is 17.2 Å². The van der Waals surface area contributed by atoms with Crippen LogP contribution in [0.4, 0.5) is 0 Å². The molecule has 2 aliphatic rings. The van der Waals surface area contributed by atoms with Crippen LogP contribution in [0.15, 0.2) is 58.2 Å². The summed E-state index contributed by atoms with van der Waals surface area (Å²) in [5.74, 6) is -0.414. The third-order valence-electron chi connectivity index (χ3n) is 6.99. The standard InChI is InChI=1S/C28H30N2O8/c1-34-18-7-8-20(35-2)19(16-18)24-23(25(31)22-15-17-5-4-6-21(36-3)27(17)38-22)26(32)28(33)30(24)10-9-29-11-13-37-14-12-29/h4-8,15-16,24,32H,9-14H2,1-3H3/t24-/m1/s1. The van der Waals surface area contributed by atoms with Gasteiger partial charge < -0.3 is 33.4 Å². The highest BCUT2D eigenvalue weighted by Crippen LogP contribution is 2.44. The molecule has 2 aromatic carbocycles. The second-order valence-electron chi connectivity index (χ2n) is 9.04. The summed E-state index contributed by atoms with van der Waals surface area (Å²) in [6.45, 7) is 3.53. The van der Waals surface area contributed by atoms with Gasteiger partial charge in [0.1, 0.15) is 11.5 Å². The molecular formula is C28H30N2O8. The first kappa shape index (κ1) is 25.6. The fraction of sp³-hybridized carbons (Fsp3) is 0.357. The predicted molar refractivity (Wildman–Crippen MR) is 138 cm³/mol. The molecule has 5 rings (SSSR count). The van der Waals surface area contributed by atoms with E-state index in [2.05, 4.69) is 4.90 Å². The largest absolute Gasteiger partial charge is 0.503 e. The fourth-order valence-electron chi connectivity index (χ4n) is 5.01. The lowest BCUT2D eigenvalue weighted by molar-refractivity contribution is -0.129. The van der Waals surface area contributed by atoms with Crippen molar-refractivity contribution in [3.63, 3.8) is 0 Å². The van der Waals surface area contributed by atoms with E-state index in [1.54, 1.807) is 42.5 Å². The van der Waals surface area contributed by atoms with Gasteiger partial charge in [0.2, 0.25) is 5.78 Å². The number of furan rings is 1. The molecule has 200 valence electrons. The summed E-state index contributed by atoms with van der Waals surface area (Å²) in [7, 11) is 4.56. The van der Waals surface area contributed by atoms with Gasteiger partial charge in [-0.2, -0.15) is 0 Å². The van der Waals surface area contributed by atoms with Gasteiger partial charge in [-0.3, -0.25) is 14.5 Å². The quantitative estimate of drug-likeness (QED) is 0.423. The number of aliphatic hydroxyl groups excluding tert-OH is 1. The number of Topliss-reactive ketones (excluding diaryl/α,β-unsaturated/α-hetero) is 1. The Bertz CT molecular complexity index is 1390. The van der Waals surface area contributed by atoms with Gasteiger partial charge in [-0.1, -0.05) is 12.1 Å². The Morgan fingerprint density at radius 3 is 2.47 bits per heavy atom. The summed E-state index contributed by atoms with van der Waals surface area (Å²) in [4.78, 5) is 31.0. The van der Waals surface area contributed by atoms with E-state index in [1.807, 2.05) is 0 Å². The van der Waals surface area contributed by atoms with E-state index in [4.69, 9.17) is 23.4 Å². The highest BCUT2D eigenvalue weighted by molar-refractivity contribution is 6.16. The molecule has 1 atom stereocenters. The summed E-state index contributed by atoms with van der Waals surface area (Å²) in [6, 6.07) is 11.1. The number of morpholine rings is 1. The lowest BCUT2D eigenvalue weighted by Crippen LogP contribution is -2.43. The minimum Gasteiger partial charge on any atom is -0.503 e. The monoisotopic (exact) mass is 522 g/mol. The molecule has 1 aromatic heterocycles. The zero-order valence-corrected chi connectivity index (χ0v) is 21.6. The van der Waals surface area contributed by atoms with Gasteiger partial charge in [-0.05, 0) is 30.3 Å². The van der Waals surface area contributed by atoms with Gasteiger partial charge in [0, 0.05) is 37.1 Å². The Morgan fingerprint density at radius 1 is 1.00 bits per heavy atom. The molecule has 3 heterocycles. The van der Waals surface area contributed by atoms with Crippen molar-refractivity contribution >= 4 is 22.7 Å². The van der Waals surface area contributed by atoms with Gasteiger partial charge in [0.25, 0.3) is 5.91 Å². The Morgan fingerprint density at radius 2 is 1.76 bits per heavy atom. The highest BCUT2D eigenvalue weighted by Gasteiger charge is 2.45. The third kappa shape index (κ3) is 4.57. The van der Waals surface area contributed by atoms with Crippen LogP contribution in [-0.2, 0) is 9.53 Å². The number of carbonyl (C=O) groups is 2. The first-order chi connectivity index (χ1) is 18.5. The van der Waals surface area contributed by atoms with E-state index >= 15 is 0 Å². The zero-order chi connectivity index (χ0) is 26.8. The summed E-state index contributed by atoms with van der Waals surface area (Å²) >= 11 is 0. The maximum absolute atomic E-state index is 13.9. The average Bonchev–Trinajstić information content (AvgIpc) is 3.50. The number of hydrogen-bond acceptors (Lipinski definition) is 9. The van der Waals surface area contributed by atoms with Crippen molar-refractivity contribution < 1.29 is 38.1 Å². The normalized spacial score (nSPS) is 18.3. The SMILES string of the molecule is COc1ccc(OC)c([C@@H]2C(C(=O)c3cc4cccc(OC)c4o3)=C(O)C(=O)N2CCN2CCOCC2)c1. The molecular weight excluding hydrogens is 492 g/mol. The number of amides is 1. The average molecular weight is 523 g/mol. The van der Waals surface area contributed by atoms with Crippen molar-refractivity contribution in [1.29, 1.82) is 0 Å². The van der Waals surface area contributed by atoms with Crippen molar-refractivity contribution in [2.24, 2.45) is 0 Å². The minimum absolute atomic E-state index is 0.0132. The van der Waals surface area contributed by atoms with Gasteiger partial charge in [0.05, 0.1) is 46.2 Å². The van der Waals surface area contributed by atoms with E-state index in [1.165, 1.54) is 26.2 Å². The topological polar surface area (TPSA) is 111 Å². The maximum Gasteiger partial charge on any atom is 0.290 e. The van der Waals surface area contributed by atoms with Crippen molar-refractivity contribution in [2.75, 3.05) is 60.7 Å². The number of aliphatic hydroxyl groups is 1. The summed E-state index contributed by atoms with van der Waals surface area (Å²) < 4.78 is 27.7. The van der Waals surface area contributed by atoms with Crippen molar-refractivity contribution in [3.8, 4) is 17.2 Å². The van der Waals surface area contributed by atoms with Crippen molar-refractivity contribution in [2.45, 2.75) is 6.04 Å². The van der Waals surface area contributed by atoms with Crippen LogP contribution in [0.2, 0.25) is 0 Å². The molecule has 0 bridgehead atoms. The highest BCUT2D eigenvalue weighted by atomic mass is 16.5. The molecule has 1 saturated heterocycles. The molecule has 38 heavy (non-hydrogen) atoms. The molecule has 0 radical (unpaired) electrons. The van der Waals surface area contributed by atoms with E-state index < -0.39 is 23.5 Å². The number of carbonyl (C=O) groups excluding carboxylic acids is 2. The van der Waals surface area contributed by atoms with Crippen LogP contribution >= 0.6 is 0 Å². The van der Waals surface area contributed by atoms with Crippen LogP contribution in [-0.4, -0.2) is 87.3 Å². The van der Waals surface area contributed by atoms with Crippen LogP contribution in [0, 0.1) is 0 Å². The summed E-state index contributed by atoms with van der Waals surface area (Å²) in [6.07, 6.45) is 0. The second kappa shape index (κ2) is 10.8. The zero-order valence-electron chi connectivity index (χ0n) is 21.6. The molecule has 10 nitrogen and oxygen atoms in total. The molecule has 0 unspecified atom stereocenters. The van der Waals surface area contributed by atoms with Crippen LogP contribution < -0.4 is 14.2 Å². The molecule has 10 heteroatoms. The number of ketones is 1.